The van der Waals surface area contributed by atoms with Gasteiger partial charge in [0.15, 0.2) is 0 Å². The highest BCUT2D eigenvalue weighted by Crippen LogP contribution is 2.11. The van der Waals surface area contributed by atoms with Crippen LogP contribution in [0, 0.1) is 0 Å². The van der Waals surface area contributed by atoms with Crippen molar-refractivity contribution in [1.82, 2.24) is 4.40 Å². The molecule has 0 bridgehead atoms. The lowest BCUT2D eigenvalue weighted by molar-refractivity contribution is 0.979. The maximum absolute atomic E-state index is 11.7. The van der Waals surface area contributed by atoms with Crippen LogP contribution < -0.4 is 11.3 Å². The van der Waals surface area contributed by atoms with E-state index < -0.39 is 0 Å². The molecule has 0 spiro atoms. The molecular weight excluding hydrogens is 244 g/mol. The number of hydrogen-bond donors (Lipinski definition) is 1. The summed E-state index contributed by atoms with van der Waals surface area (Å²) >= 11 is 3.35. The predicted molar refractivity (Wildman–Crippen MR) is 59.3 cm³/mol. The predicted octanol–water partition coefficient (Wildman–Crippen LogP) is 1.52. The fraction of sp³-hybridized carbons (Fsp3) is 0.100. The first-order chi connectivity index (χ1) is 6.72. The van der Waals surface area contributed by atoms with Gasteiger partial charge in [-0.25, -0.2) is 0 Å². The zero-order valence-corrected chi connectivity index (χ0v) is 8.99. The minimum absolute atomic E-state index is 0.0440. The number of nitrogens with two attached hydrogens (primary N) is 1. The molecule has 0 aliphatic heterocycles. The summed E-state index contributed by atoms with van der Waals surface area (Å²) < 4.78 is 2.55. The largest absolute Gasteiger partial charge is 0.326 e. The molecule has 2 aromatic heterocycles. The molecule has 0 radical (unpaired) electrons. The molecule has 2 rings (SSSR count). The van der Waals surface area contributed by atoms with Crippen molar-refractivity contribution in [3.05, 3.63) is 50.9 Å². The molecule has 0 aromatic carbocycles. The lowest BCUT2D eigenvalue weighted by Gasteiger charge is -2.02. The molecule has 2 N–H and O–H groups in total. The fourth-order valence-corrected chi connectivity index (χ4v) is 1.72. The van der Waals surface area contributed by atoms with Crippen molar-refractivity contribution in [1.29, 1.82) is 0 Å². The number of nitrogens with zero attached hydrogens (tertiary/aromatic N) is 1. The molecule has 0 amide bonds. The SMILES string of the molecule is NCc1ccc2cc(Br)ccn2c1=O. The van der Waals surface area contributed by atoms with Gasteiger partial charge in [-0.1, -0.05) is 22.0 Å². The Kier molecular flexibility index (Phi) is 2.39. The van der Waals surface area contributed by atoms with Crippen molar-refractivity contribution in [3.8, 4) is 0 Å². The van der Waals surface area contributed by atoms with Crippen molar-refractivity contribution in [2.24, 2.45) is 5.73 Å². The Morgan fingerprint density at radius 2 is 2.14 bits per heavy atom. The second-order valence-corrected chi connectivity index (χ2v) is 3.92. The highest BCUT2D eigenvalue weighted by atomic mass is 79.9. The molecule has 2 heterocycles. The summed E-state index contributed by atoms with van der Waals surface area (Å²) in [4.78, 5) is 11.7. The Labute approximate surface area is 89.3 Å². The lowest BCUT2D eigenvalue weighted by atomic mass is 10.2. The van der Waals surface area contributed by atoms with E-state index in [0.29, 0.717) is 5.56 Å². The van der Waals surface area contributed by atoms with Gasteiger partial charge < -0.3 is 5.73 Å². The van der Waals surface area contributed by atoms with E-state index in [1.165, 1.54) is 0 Å². The van der Waals surface area contributed by atoms with E-state index in [9.17, 15) is 4.79 Å². The molecule has 0 saturated heterocycles. The molecule has 72 valence electrons. The van der Waals surface area contributed by atoms with Gasteiger partial charge in [0.05, 0.1) is 0 Å². The zero-order valence-electron chi connectivity index (χ0n) is 7.40. The number of aromatic nitrogens is 1. The summed E-state index contributed by atoms with van der Waals surface area (Å²) in [6.07, 6.45) is 1.74. The number of pyridine rings is 2. The van der Waals surface area contributed by atoms with Crippen molar-refractivity contribution >= 4 is 21.4 Å². The molecule has 0 fully saturated rings. The first-order valence-corrected chi connectivity index (χ1v) is 5.01. The highest BCUT2D eigenvalue weighted by molar-refractivity contribution is 9.10. The molecule has 2 aromatic rings. The molecule has 3 nitrogen and oxygen atoms in total. The molecule has 4 heteroatoms. The maximum atomic E-state index is 11.7. The highest BCUT2D eigenvalue weighted by Gasteiger charge is 2.01. The van der Waals surface area contributed by atoms with Gasteiger partial charge in [0.25, 0.3) is 5.56 Å². The lowest BCUT2D eigenvalue weighted by Crippen LogP contribution is -2.19. The van der Waals surface area contributed by atoms with Crippen LogP contribution in [-0.4, -0.2) is 4.40 Å². The van der Waals surface area contributed by atoms with Gasteiger partial charge in [-0.05, 0) is 18.2 Å². The van der Waals surface area contributed by atoms with Gasteiger partial charge in [0.2, 0.25) is 0 Å². The van der Waals surface area contributed by atoms with Crippen LogP contribution in [0.2, 0.25) is 0 Å². The molecule has 0 aliphatic carbocycles. The minimum Gasteiger partial charge on any atom is -0.326 e. The third-order valence-electron chi connectivity index (χ3n) is 2.12. The van der Waals surface area contributed by atoms with E-state index in [-0.39, 0.29) is 12.1 Å². The zero-order chi connectivity index (χ0) is 10.1. The molecule has 14 heavy (non-hydrogen) atoms. The van der Waals surface area contributed by atoms with Crippen molar-refractivity contribution in [3.63, 3.8) is 0 Å². The second kappa shape index (κ2) is 3.55. The normalized spacial score (nSPS) is 10.7. The summed E-state index contributed by atoms with van der Waals surface area (Å²) in [5, 5.41) is 0. The first kappa shape index (κ1) is 9.43. The van der Waals surface area contributed by atoms with E-state index in [1.54, 1.807) is 16.7 Å². The van der Waals surface area contributed by atoms with Crippen LogP contribution >= 0.6 is 15.9 Å². The van der Waals surface area contributed by atoms with Crippen LogP contribution in [0.1, 0.15) is 5.56 Å². The number of hydrogen-bond acceptors (Lipinski definition) is 2. The van der Waals surface area contributed by atoms with Gasteiger partial charge in [-0.15, -0.1) is 0 Å². The van der Waals surface area contributed by atoms with Crippen LogP contribution in [0.25, 0.3) is 5.52 Å². The number of halogens is 1. The molecule has 0 unspecified atom stereocenters. The van der Waals surface area contributed by atoms with E-state index >= 15 is 0 Å². The average Bonchev–Trinajstić information content (AvgIpc) is 2.18. The Morgan fingerprint density at radius 1 is 1.36 bits per heavy atom. The van der Waals surface area contributed by atoms with Crippen LogP contribution in [-0.2, 0) is 6.54 Å². The Hall–Kier alpha value is -1.13. The summed E-state index contributed by atoms with van der Waals surface area (Å²) in [6, 6.07) is 7.37. The summed E-state index contributed by atoms with van der Waals surface area (Å²) in [5.41, 5.74) is 6.90. The standard InChI is InChI=1S/C10H9BrN2O/c11-8-3-4-13-9(5-8)2-1-7(6-12)10(13)14/h1-5H,6,12H2. The third kappa shape index (κ3) is 1.47. The van der Waals surface area contributed by atoms with Crippen LogP contribution in [0.4, 0.5) is 0 Å². The van der Waals surface area contributed by atoms with Crippen LogP contribution in [0.5, 0.6) is 0 Å². The van der Waals surface area contributed by atoms with Crippen LogP contribution in [0.15, 0.2) is 39.7 Å². The maximum Gasteiger partial charge on any atom is 0.259 e. The monoisotopic (exact) mass is 252 g/mol. The molecular formula is C10H9BrN2O. The van der Waals surface area contributed by atoms with Gasteiger partial charge in [0, 0.05) is 28.3 Å². The van der Waals surface area contributed by atoms with Gasteiger partial charge in [-0.2, -0.15) is 0 Å². The Morgan fingerprint density at radius 3 is 2.86 bits per heavy atom. The van der Waals surface area contributed by atoms with E-state index in [1.807, 2.05) is 18.2 Å². The first-order valence-electron chi connectivity index (χ1n) is 4.22. The van der Waals surface area contributed by atoms with Crippen molar-refractivity contribution < 1.29 is 0 Å². The van der Waals surface area contributed by atoms with Crippen LogP contribution in [0.3, 0.4) is 0 Å². The second-order valence-electron chi connectivity index (χ2n) is 3.01. The molecule has 0 aliphatic rings. The van der Waals surface area contributed by atoms with E-state index in [4.69, 9.17) is 5.73 Å². The van der Waals surface area contributed by atoms with E-state index in [0.717, 1.165) is 9.99 Å². The quantitative estimate of drug-likeness (QED) is 0.837. The van der Waals surface area contributed by atoms with Gasteiger partial charge in [-0.3, -0.25) is 9.20 Å². The molecule has 0 atom stereocenters. The van der Waals surface area contributed by atoms with E-state index in [2.05, 4.69) is 15.9 Å². The minimum atomic E-state index is -0.0440. The number of fused-ring (bicyclic) bond motifs is 1. The summed E-state index contributed by atoms with van der Waals surface area (Å²) in [5.74, 6) is 0. The van der Waals surface area contributed by atoms with Gasteiger partial charge in [0.1, 0.15) is 0 Å². The summed E-state index contributed by atoms with van der Waals surface area (Å²) in [7, 11) is 0. The Bertz CT molecular complexity index is 533. The smallest absolute Gasteiger partial charge is 0.259 e. The topological polar surface area (TPSA) is 47.5 Å². The third-order valence-corrected chi connectivity index (χ3v) is 2.61. The van der Waals surface area contributed by atoms with Crippen molar-refractivity contribution in [2.75, 3.05) is 0 Å². The molecule has 0 saturated carbocycles. The summed E-state index contributed by atoms with van der Waals surface area (Å²) in [6.45, 7) is 0.276. The average molecular weight is 253 g/mol. The number of rotatable bonds is 1. The van der Waals surface area contributed by atoms with Crippen molar-refractivity contribution in [2.45, 2.75) is 6.54 Å². The fourth-order valence-electron chi connectivity index (χ4n) is 1.37. The Balaban J connectivity index is 2.84. The van der Waals surface area contributed by atoms with Gasteiger partial charge >= 0.3 is 0 Å².